The van der Waals surface area contributed by atoms with Crippen LogP contribution in [0.4, 0.5) is 13.2 Å². The Morgan fingerprint density at radius 3 is 2.76 bits per heavy atom. The van der Waals surface area contributed by atoms with Crippen LogP contribution in [0.15, 0.2) is 11.8 Å². The second-order valence-electron chi connectivity index (χ2n) is 4.15. The highest BCUT2D eigenvalue weighted by atomic mass is 32.2. The predicted octanol–water partition coefficient (Wildman–Crippen LogP) is 1.60. The molecule has 0 aromatic heterocycles. The van der Waals surface area contributed by atoms with Crippen molar-refractivity contribution in [3.8, 4) is 0 Å². The van der Waals surface area contributed by atoms with Crippen LogP contribution in [0.25, 0.3) is 0 Å². The van der Waals surface area contributed by atoms with Gasteiger partial charge in [-0.2, -0.15) is 21.6 Å². The smallest absolute Gasteiger partial charge is 0.381 e. The second-order valence-corrected chi connectivity index (χ2v) is 5.69. The van der Waals surface area contributed by atoms with E-state index in [1.54, 1.807) is 0 Å². The van der Waals surface area contributed by atoms with Crippen molar-refractivity contribution in [3.05, 3.63) is 11.8 Å². The van der Waals surface area contributed by atoms with E-state index in [1.807, 2.05) is 0 Å². The van der Waals surface area contributed by atoms with Crippen LogP contribution in [0.3, 0.4) is 0 Å². The van der Waals surface area contributed by atoms with Gasteiger partial charge in [0.2, 0.25) is 0 Å². The second kappa shape index (κ2) is 4.16. The van der Waals surface area contributed by atoms with E-state index in [1.165, 1.54) is 6.08 Å². The van der Waals surface area contributed by atoms with Crippen molar-refractivity contribution in [2.75, 3.05) is 13.1 Å². The molecule has 0 unspecified atom stereocenters. The Morgan fingerprint density at radius 2 is 2.12 bits per heavy atom. The number of fused-ring (bicyclic) bond motifs is 1. The molecule has 2 aliphatic rings. The number of hydrogen-bond donors (Lipinski definition) is 0. The monoisotopic (exact) mass is 271 g/mol. The average molecular weight is 271 g/mol. The topological polar surface area (TPSA) is 46.6 Å². The summed E-state index contributed by atoms with van der Waals surface area (Å²) in [7, 11) is -5.51. The summed E-state index contributed by atoms with van der Waals surface area (Å²) in [5, 5.41) is 0. The predicted molar refractivity (Wildman–Crippen MR) is 53.4 cm³/mol. The van der Waals surface area contributed by atoms with Gasteiger partial charge in [0.05, 0.1) is 0 Å². The highest BCUT2D eigenvalue weighted by Crippen LogP contribution is 2.32. The fourth-order valence-corrected chi connectivity index (χ4v) is 2.67. The Hall–Kier alpha value is -0.760. The van der Waals surface area contributed by atoms with Crippen molar-refractivity contribution >= 4 is 10.1 Å². The summed E-state index contributed by atoms with van der Waals surface area (Å²) >= 11 is 0. The zero-order chi connectivity index (χ0) is 12.7. The van der Waals surface area contributed by atoms with E-state index in [0.29, 0.717) is 6.54 Å². The van der Waals surface area contributed by atoms with Crippen molar-refractivity contribution in [1.82, 2.24) is 4.90 Å². The molecule has 17 heavy (non-hydrogen) atoms. The number of nitrogens with zero attached hydrogens (tertiary/aromatic N) is 1. The Balaban J connectivity index is 2.06. The largest absolute Gasteiger partial charge is 0.534 e. The van der Waals surface area contributed by atoms with Gasteiger partial charge in [-0.1, -0.05) is 0 Å². The van der Waals surface area contributed by atoms with Crippen LogP contribution in [0, 0.1) is 0 Å². The lowest BCUT2D eigenvalue weighted by molar-refractivity contribution is -0.0526. The van der Waals surface area contributed by atoms with Crippen LogP contribution in [0.1, 0.15) is 19.3 Å². The summed E-state index contributed by atoms with van der Waals surface area (Å²) in [5.41, 5.74) is -5.36. The van der Waals surface area contributed by atoms with Gasteiger partial charge in [-0.25, -0.2) is 0 Å². The number of alkyl halides is 3. The van der Waals surface area contributed by atoms with Gasteiger partial charge in [0.25, 0.3) is 0 Å². The zero-order valence-corrected chi connectivity index (χ0v) is 9.72. The summed E-state index contributed by atoms with van der Waals surface area (Å²) in [6, 6.07) is 0.110. The molecular formula is C9H12F3NO3S. The SMILES string of the molecule is O=S(=O)(OC1=CCN2CCC[C@@H]2C1)C(F)(F)F. The lowest BCUT2D eigenvalue weighted by atomic mass is 10.1. The lowest BCUT2D eigenvalue weighted by Crippen LogP contribution is -2.35. The Kier molecular flexibility index (Phi) is 3.11. The molecule has 2 aliphatic heterocycles. The van der Waals surface area contributed by atoms with E-state index in [4.69, 9.17) is 0 Å². The quantitative estimate of drug-likeness (QED) is 0.565. The molecule has 0 aromatic rings. The van der Waals surface area contributed by atoms with Gasteiger partial charge in [-0.15, -0.1) is 0 Å². The highest BCUT2D eigenvalue weighted by molar-refractivity contribution is 7.87. The Labute approximate surface area is 97.2 Å². The van der Waals surface area contributed by atoms with Crippen LogP contribution in [-0.2, 0) is 14.3 Å². The third kappa shape index (κ3) is 2.57. The number of halogens is 3. The molecule has 4 nitrogen and oxygen atoms in total. The van der Waals surface area contributed by atoms with Crippen LogP contribution in [0.2, 0.25) is 0 Å². The van der Waals surface area contributed by atoms with E-state index in [2.05, 4.69) is 9.08 Å². The van der Waals surface area contributed by atoms with Crippen molar-refractivity contribution in [3.63, 3.8) is 0 Å². The third-order valence-corrected chi connectivity index (χ3v) is 3.99. The van der Waals surface area contributed by atoms with Crippen LogP contribution in [0.5, 0.6) is 0 Å². The fourth-order valence-electron chi connectivity index (χ4n) is 2.16. The molecule has 98 valence electrons. The molecule has 0 spiro atoms. The molecule has 1 fully saturated rings. The van der Waals surface area contributed by atoms with Gasteiger partial charge in [-0.3, -0.25) is 4.90 Å². The molecule has 2 rings (SSSR count). The van der Waals surface area contributed by atoms with Crippen LogP contribution in [-0.4, -0.2) is 38.0 Å². The van der Waals surface area contributed by atoms with Gasteiger partial charge in [0.15, 0.2) is 0 Å². The summed E-state index contributed by atoms with van der Waals surface area (Å²) in [4.78, 5) is 2.10. The molecule has 0 aromatic carbocycles. The Bertz CT molecular complexity index is 429. The molecule has 0 bridgehead atoms. The summed E-state index contributed by atoms with van der Waals surface area (Å²) in [5.74, 6) is -0.0922. The first-order valence-electron chi connectivity index (χ1n) is 5.23. The maximum atomic E-state index is 12.1. The number of rotatable bonds is 2. The van der Waals surface area contributed by atoms with Crippen molar-refractivity contribution in [1.29, 1.82) is 0 Å². The maximum absolute atomic E-state index is 12.1. The van der Waals surface area contributed by atoms with Crippen molar-refractivity contribution in [2.45, 2.75) is 30.8 Å². The molecule has 8 heteroatoms. The van der Waals surface area contributed by atoms with Gasteiger partial charge in [0, 0.05) is 19.0 Å². The van der Waals surface area contributed by atoms with E-state index in [0.717, 1.165) is 19.4 Å². The van der Waals surface area contributed by atoms with Gasteiger partial charge < -0.3 is 4.18 Å². The molecule has 0 radical (unpaired) electrons. The summed E-state index contributed by atoms with van der Waals surface area (Å²) < 4.78 is 62.1. The van der Waals surface area contributed by atoms with Crippen LogP contribution >= 0.6 is 0 Å². The highest BCUT2D eigenvalue weighted by Gasteiger charge is 2.49. The maximum Gasteiger partial charge on any atom is 0.534 e. The lowest BCUT2D eigenvalue weighted by Gasteiger charge is -2.28. The third-order valence-electron chi connectivity index (χ3n) is 2.99. The van der Waals surface area contributed by atoms with Gasteiger partial charge in [-0.05, 0) is 25.5 Å². The molecule has 1 atom stereocenters. The van der Waals surface area contributed by atoms with Crippen LogP contribution < -0.4 is 0 Å². The molecule has 0 aliphatic carbocycles. The molecular weight excluding hydrogens is 259 g/mol. The standard InChI is InChI=1S/C9H12F3NO3S/c10-9(11,12)17(14,15)16-8-3-5-13-4-1-2-7(13)6-8/h3,7H,1-2,4-6H2/t7-/m1/s1. The van der Waals surface area contributed by atoms with Gasteiger partial charge >= 0.3 is 15.6 Å². The van der Waals surface area contributed by atoms with Crippen molar-refractivity contribution in [2.24, 2.45) is 0 Å². The molecule has 2 heterocycles. The first-order chi connectivity index (χ1) is 7.79. The zero-order valence-electron chi connectivity index (χ0n) is 8.90. The van der Waals surface area contributed by atoms with E-state index >= 15 is 0 Å². The number of hydrogen-bond acceptors (Lipinski definition) is 4. The molecule has 0 N–H and O–H groups in total. The summed E-state index contributed by atoms with van der Waals surface area (Å²) in [6.45, 7) is 1.36. The molecule has 0 amide bonds. The van der Waals surface area contributed by atoms with E-state index < -0.39 is 15.6 Å². The average Bonchev–Trinajstić information content (AvgIpc) is 2.62. The first kappa shape index (κ1) is 12.7. The van der Waals surface area contributed by atoms with E-state index in [9.17, 15) is 21.6 Å². The normalized spacial score (nSPS) is 26.5. The van der Waals surface area contributed by atoms with E-state index in [-0.39, 0.29) is 18.2 Å². The Morgan fingerprint density at radius 1 is 1.41 bits per heavy atom. The molecule has 0 saturated carbocycles. The minimum atomic E-state index is -5.51. The minimum Gasteiger partial charge on any atom is -0.381 e. The van der Waals surface area contributed by atoms with Gasteiger partial charge in [0.1, 0.15) is 5.76 Å². The van der Waals surface area contributed by atoms with Crippen molar-refractivity contribution < 1.29 is 25.8 Å². The summed E-state index contributed by atoms with van der Waals surface area (Å²) in [6.07, 6.45) is 3.49. The first-order valence-corrected chi connectivity index (χ1v) is 6.64. The molecule has 1 saturated heterocycles. The minimum absolute atomic E-state index is 0.0922. The fraction of sp³-hybridized carbons (Fsp3) is 0.778.